The summed E-state index contributed by atoms with van der Waals surface area (Å²) >= 11 is 0. The molecule has 1 rings (SSSR count). The van der Waals surface area contributed by atoms with Crippen LogP contribution in [0.4, 0.5) is 4.79 Å². The number of carbonyl (C=O) groups excluding carboxylic acids is 1. The number of hydrogen-bond donors (Lipinski definition) is 2. The third-order valence-corrected chi connectivity index (χ3v) is 2.09. The maximum Gasteiger partial charge on any atom is 0.314 e. The van der Waals surface area contributed by atoms with Crippen molar-refractivity contribution in [3.63, 3.8) is 0 Å². The van der Waals surface area contributed by atoms with Gasteiger partial charge in [0.1, 0.15) is 0 Å². The van der Waals surface area contributed by atoms with Crippen LogP contribution < -0.4 is 10.6 Å². The molecule has 2 amide bonds. The monoisotopic (exact) mass is 172 g/mol. The summed E-state index contributed by atoms with van der Waals surface area (Å²) in [6.07, 6.45) is 2.16. The van der Waals surface area contributed by atoms with Gasteiger partial charge in [-0.05, 0) is 18.8 Å². The van der Waals surface area contributed by atoms with Crippen LogP contribution in [0.25, 0.3) is 0 Å². The van der Waals surface area contributed by atoms with E-state index in [4.69, 9.17) is 4.74 Å². The second-order valence-electron chi connectivity index (χ2n) is 3.02. The Balaban J connectivity index is 1.97. The van der Waals surface area contributed by atoms with E-state index >= 15 is 0 Å². The van der Waals surface area contributed by atoms with Gasteiger partial charge in [0.25, 0.3) is 0 Å². The van der Waals surface area contributed by atoms with E-state index in [1.165, 1.54) is 0 Å². The highest BCUT2D eigenvalue weighted by molar-refractivity contribution is 5.73. The van der Waals surface area contributed by atoms with Crippen LogP contribution in [0.2, 0.25) is 0 Å². The molecule has 1 aliphatic rings. The molecule has 1 heterocycles. The minimum absolute atomic E-state index is 0.103. The summed E-state index contributed by atoms with van der Waals surface area (Å²) in [7, 11) is 1.62. The van der Waals surface area contributed by atoms with E-state index in [0.717, 1.165) is 32.6 Å². The molecule has 0 bridgehead atoms. The zero-order chi connectivity index (χ0) is 8.81. The average Bonchev–Trinajstić information content (AvgIpc) is 2.57. The van der Waals surface area contributed by atoms with E-state index in [1.54, 1.807) is 7.05 Å². The molecule has 70 valence electrons. The molecule has 1 atom stereocenters. The minimum atomic E-state index is -0.103. The summed E-state index contributed by atoms with van der Waals surface area (Å²) < 4.78 is 5.21. The Bertz CT molecular complexity index is 144. The zero-order valence-electron chi connectivity index (χ0n) is 7.43. The molecular weight excluding hydrogens is 156 g/mol. The standard InChI is InChI=1S/C8H16N2O2/c1-9-8(11)10-4-2-7-3-5-12-6-7/h7H,2-6H2,1H3,(H2,9,10,11). The Morgan fingerprint density at radius 2 is 2.50 bits per heavy atom. The number of urea groups is 1. The van der Waals surface area contributed by atoms with Crippen molar-refractivity contribution in [3.8, 4) is 0 Å². The quantitative estimate of drug-likeness (QED) is 0.645. The fraction of sp³-hybridized carbons (Fsp3) is 0.875. The minimum Gasteiger partial charge on any atom is -0.381 e. The van der Waals surface area contributed by atoms with Gasteiger partial charge in [0, 0.05) is 26.8 Å². The molecule has 0 saturated carbocycles. The fourth-order valence-electron chi connectivity index (χ4n) is 1.29. The molecule has 0 radical (unpaired) electrons. The maximum atomic E-state index is 10.7. The maximum absolute atomic E-state index is 10.7. The normalized spacial score (nSPS) is 22.2. The van der Waals surface area contributed by atoms with E-state index in [0.29, 0.717) is 5.92 Å². The van der Waals surface area contributed by atoms with Crippen LogP contribution in [0.3, 0.4) is 0 Å². The molecule has 0 aromatic heterocycles. The molecule has 4 nitrogen and oxygen atoms in total. The highest BCUT2D eigenvalue weighted by Gasteiger charge is 2.14. The van der Waals surface area contributed by atoms with Crippen LogP contribution in [-0.4, -0.2) is 32.8 Å². The van der Waals surface area contributed by atoms with Gasteiger partial charge < -0.3 is 15.4 Å². The third-order valence-electron chi connectivity index (χ3n) is 2.09. The van der Waals surface area contributed by atoms with Crippen LogP contribution in [0.15, 0.2) is 0 Å². The molecule has 1 saturated heterocycles. The molecule has 12 heavy (non-hydrogen) atoms. The van der Waals surface area contributed by atoms with Gasteiger partial charge in [-0.1, -0.05) is 0 Å². The lowest BCUT2D eigenvalue weighted by molar-refractivity contribution is 0.184. The third kappa shape index (κ3) is 3.09. The van der Waals surface area contributed by atoms with Gasteiger partial charge in [-0.25, -0.2) is 4.79 Å². The number of ether oxygens (including phenoxy) is 1. The Morgan fingerprint density at radius 3 is 3.08 bits per heavy atom. The lowest BCUT2D eigenvalue weighted by atomic mass is 10.1. The Hall–Kier alpha value is -0.770. The van der Waals surface area contributed by atoms with Gasteiger partial charge in [0.05, 0.1) is 0 Å². The van der Waals surface area contributed by atoms with Gasteiger partial charge in [-0.3, -0.25) is 0 Å². The highest BCUT2D eigenvalue weighted by Crippen LogP contribution is 2.14. The molecule has 0 aromatic rings. The van der Waals surface area contributed by atoms with Crippen molar-refractivity contribution >= 4 is 6.03 Å². The Kier molecular flexibility index (Phi) is 3.87. The topological polar surface area (TPSA) is 50.4 Å². The van der Waals surface area contributed by atoms with Crippen LogP contribution >= 0.6 is 0 Å². The molecule has 4 heteroatoms. The zero-order valence-corrected chi connectivity index (χ0v) is 7.43. The predicted molar refractivity (Wildman–Crippen MR) is 46.0 cm³/mol. The number of nitrogens with one attached hydrogen (secondary N) is 2. The summed E-state index contributed by atoms with van der Waals surface area (Å²) in [5, 5.41) is 5.26. The molecule has 0 spiro atoms. The van der Waals surface area contributed by atoms with E-state index in [2.05, 4.69) is 10.6 Å². The van der Waals surface area contributed by atoms with Crippen LogP contribution in [0.1, 0.15) is 12.8 Å². The van der Waals surface area contributed by atoms with Crippen LogP contribution in [0.5, 0.6) is 0 Å². The van der Waals surface area contributed by atoms with E-state index in [-0.39, 0.29) is 6.03 Å². The largest absolute Gasteiger partial charge is 0.381 e. The second kappa shape index (κ2) is 4.98. The molecule has 1 fully saturated rings. The smallest absolute Gasteiger partial charge is 0.314 e. The molecule has 2 N–H and O–H groups in total. The summed E-state index contributed by atoms with van der Waals surface area (Å²) in [5.74, 6) is 0.641. The molecule has 1 unspecified atom stereocenters. The molecule has 0 aromatic carbocycles. The number of rotatable bonds is 3. The van der Waals surface area contributed by atoms with Gasteiger partial charge in [0.15, 0.2) is 0 Å². The summed E-state index contributed by atoms with van der Waals surface area (Å²) in [5.41, 5.74) is 0. The van der Waals surface area contributed by atoms with Crippen LogP contribution in [-0.2, 0) is 4.74 Å². The van der Waals surface area contributed by atoms with Gasteiger partial charge in [-0.2, -0.15) is 0 Å². The lowest BCUT2D eigenvalue weighted by Crippen LogP contribution is -2.34. The first-order chi connectivity index (χ1) is 5.83. The predicted octanol–water partition coefficient (Wildman–Crippen LogP) is 0.342. The SMILES string of the molecule is CNC(=O)NCCC1CCOC1. The van der Waals surface area contributed by atoms with Crippen molar-refractivity contribution in [3.05, 3.63) is 0 Å². The number of hydrogen-bond acceptors (Lipinski definition) is 2. The fourth-order valence-corrected chi connectivity index (χ4v) is 1.29. The van der Waals surface area contributed by atoms with E-state index < -0.39 is 0 Å². The van der Waals surface area contributed by atoms with Gasteiger partial charge in [0.2, 0.25) is 0 Å². The second-order valence-corrected chi connectivity index (χ2v) is 3.02. The summed E-state index contributed by atoms with van der Waals surface area (Å²) in [6, 6.07) is -0.103. The lowest BCUT2D eigenvalue weighted by Gasteiger charge is -2.07. The van der Waals surface area contributed by atoms with Crippen molar-refractivity contribution in [2.45, 2.75) is 12.8 Å². The number of amides is 2. The average molecular weight is 172 g/mol. The summed E-state index contributed by atoms with van der Waals surface area (Å²) in [4.78, 5) is 10.7. The van der Waals surface area contributed by atoms with E-state index in [1.807, 2.05) is 0 Å². The Morgan fingerprint density at radius 1 is 1.67 bits per heavy atom. The first-order valence-electron chi connectivity index (χ1n) is 4.36. The van der Waals surface area contributed by atoms with Gasteiger partial charge in [-0.15, -0.1) is 0 Å². The van der Waals surface area contributed by atoms with Crippen molar-refractivity contribution in [1.29, 1.82) is 0 Å². The molecule has 1 aliphatic heterocycles. The molecular formula is C8H16N2O2. The first kappa shape index (κ1) is 9.32. The Labute approximate surface area is 72.7 Å². The first-order valence-corrected chi connectivity index (χ1v) is 4.36. The highest BCUT2D eigenvalue weighted by atomic mass is 16.5. The van der Waals surface area contributed by atoms with E-state index in [9.17, 15) is 4.79 Å². The van der Waals surface area contributed by atoms with Crippen LogP contribution in [0, 0.1) is 5.92 Å². The summed E-state index contributed by atoms with van der Waals surface area (Å²) in [6.45, 7) is 2.48. The number of carbonyl (C=O) groups is 1. The van der Waals surface area contributed by atoms with Crippen molar-refractivity contribution in [1.82, 2.24) is 10.6 Å². The van der Waals surface area contributed by atoms with Crippen molar-refractivity contribution in [2.24, 2.45) is 5.92 Å². The van der Waals surface area contributed by atoms with Crippen molar-refractivity contribution < 1.29 is 9.53 Å². The molecule has 0 aliphatic carbocycles. The van der Waals surface area contributed by atoms with Crippen molar-refractivity contribution in [2.75, 3.05) is 26.8 Å². The van der Waals surface area contributed by atoms with Gasteiger partial charge >= 0.3 is 6.03 Å².